The fourth-order valence-corrected chi connectivity index (χ4v) is 4.03. The van der Waals surface area contributed by atoms with Crippen LogP contribution in [0.2, 0.25) is 0 Å². The van der Waals surface area contributed by atoms with Crippen molar-refractivity contribution in [3.05, 3.63) is 12.2 Å². The van der Waals surface area contributed by atoms with Crippen molar-refractivity contribution in [2.75, 3.05) is 6.54 Å². The van der Waals surface area contributed by atoms with Crippen LogP contribution in [0.3, 0.4) is 0 Å². The van der Waals surface area contributed by atoms with Gasteiger partial charge in [0.05, 0.1) is 0 Å². The highest BCUT2D eigenvalue weighted by atomic mass is 16.6. The SMILES string of the molecule is CCCCCCCCC=CCCCCCCCC(=O)N(C(=O)OC(C)(C)C)[C@@H](CCCCN)C(=O)O. The third-order valence-electron chi connectivity index (χ3n) is 6.04. The van der Waals surface area contributed by atoms with Crippen LogP contribution < -0.4 is 5.73 Å². The van der Waals surface area contributed by atoms with E-state index in [-0.39, 0.29) is 12.8 Å². The van der Waals surface area contributed by atoms with Crippen molar-refractivity contribution in [2.45, 2.75) is 148 Å². The number of imide groups is 1. The molecule has 0 aromatic heterocycles. The molecule has 0 aromatic rings. The number of carbonyl (C=O) groups is 3. The number of hydrogen-bond donors (Lipinski definition) is 2. The van der Waals surface area contributed by atoms with Gasteiger partial charge in [0, 0.05) is 6.42 Å². The zero-order valence-electron chi connectivity index (χ0n) is 23.6. The Bertz CT molecular complexity index is 628. The summed E-state index contributed by atoms with van der Waals surface area (Å²) in [5, 5.41) is 9.70. The Balaban J connectivity index is 4.39. The van der Waals surface area contributed by atoms with Gasteiger partial charge in [-0.15, -0.1) is 0 Å². The fourth-order valence-electron chi connectivity index (χ4n) is 4.03. The predicted molar refractivity (Wildman–Crippen MR) is 147 cm³/mol. The minimum absolute atomic E-state index is 0.137. The quantitative estimate of drug-likeness (QED) is 0.123. The molecule has 3 N–H and O–H groups in total. The molecular formula is C29H54N2O5. The molecule has 0 saturated heterocycles. The van der Waals surface area contributed by atoms with Crippen LogP contribution in [0.25, 0.3) is 0 Å². The molecule has 7 heteroatoms. The topological polar surface area (TPSA) is 110 Å². The second-order valence-corrected chi connectivity index (χ2v) is 10.7. The molecule has 0 saturated carbocycles. The molecule has 1 atom stereocenters. The van der Waals surface area contributed by atoms with E-state index in [9.17, 15) is 19.5 Å². The van der Waals surface area contributed by atoms with Crippen LogP contribution in [0, 0.1) is 0 Å². The minimum atomic E-state index is -1.23. The molecule has 0 heterocycles. The van der Waals surface area contributed by atoms with Crippen LogP contribution in [0.1, 0.15) is 137 Å². The third-order valence-corrected chi connectivity index (χ3v) is 6.04. The number of allylic oxidation sites excluding steroid dienone is 2. The lowest BCUT2D eigenvalue weighted by Gasteiger charge is -2.30. The lowest BCUT2D eigenvalue weighted by molar-refractivity contribution is -0.150. The highest BCUT2D eigenvalue weighted by Crippen LogP contribution is 2.19. The predicted octanol–water partition coefficient (Wildman–Crippen LogP) is 7.37. The highest BCUT2D eigenvalue weighted by molar-refractivity contribution is 5.96. The van der Waals surface area contributed by atoms with Gasteiger partial charge in [0.15, 0.2) is 0 Å². The molecule has 210 valence electrons. The van der Waals surface area contributed by atoms with E-state index in [1.165, 1.54) is 44.9 Å². The van der Waals surface area contributed by atoms with Gasteiger partial charge in [0.2, 0.25) is 5.91 Å². The Morgan fingerprint density at radius 3 is 1.86 bits per heavy atom. The number of nitrogens with two attached hydrogens (primary N) is 1. The van der Waals surface area contributed by atoms with E-state index in [4.69, 9.17) is 10.5 Å². The van der Waals surface area contributed by atoms with Crippen LogP contribution >= 0.6 is 0 Å². The molecule has 0 bridgehead atoms. The average molecular weight is 511 g/mol. The summed E-state index contributed by atoms with van der Waals surface area (Å²) in [6.07, 6.45) is 20.1. The first-order valence-electron chi connectivity index (χ1n) is 14.3. The third kappa shape index (κ3) is 18.4. The molecule has 0 aliphatic carbocycles. The van der Waals surface area contributed by atoms with Crippen molar-refractivity contribution in [1.29, 1.82) is 0 Å². The fraction of sp³-hybridized carbons (Fsp3) is 0.828. The van der Waals surface area contributed by atoms with Gasteiger partial charge in [0.25, 0.3) is 0 Å². The minimum Gasteiger partial charge on any atom is -0.480 e. The van der Waals surface area contributed by atoms with Crippen molar-refractivity contribution < 1.29 is 24.2 Å². The van der Waals surface area contributed by atoms with Crippen LogP contribution in [-0.2, 0) is 14.3 Å². The van der Waals surface area contributed by atoms with Crippen molar-refractivity contribution in [1.82, 2.24) is 4.90 Å². The van der Waals surface area contributed by atoms with E-state index in [1.807, 2.05) is 0 Å². The zero-order valence-corrected chi connectivity index (χ0v) is 23.6. The van der Waals surface area contributed by atoms with Crippen LogP contribution in [0.4, 0.5) is 4.79 Å². The molecular weight excluding hydrogens is 456 g/mol. The molecule has 36 heavy (non-hydrogen) atoms. The summed E-state index contributed by atoms with van der Waals surface area (Å²) >= 11 is 0. The summed E-state index contributed by atoms with van der Waals surface area (Å²) in [5.41, 5.74) is 4.70. The number of aliphatic carboxylic acids is 1. The summed E-state index contributed by atoms with van der Waals surface area (Å²) in [7, 11) is 0. The number of rotatable bonds is 21. The van der Waals surface area contributed by atoms with E-state index < -0.39 is 29.6 Å². The lowest BCUT2D eigenvalue weighted by Crippen LogP contribution is -2.50. The van der Waals surface area contributed by atoms with Gasteiger partial charge in [-0.3, -0.25) is 4.79 Å². The van der Waals surface area contributed by atoms with Gasteiger partial charge >= 0.3 is 12.1 Å². The number of unbranched alkanes of at least 4 members (excludes halogenated alkanes) is 12. The van der Waals surface area contributed by atoms with Crippen molar-refractivity contribution in [3.8, 4) is 0 Å². The average Bonchev–Trinajstić information content (AvgIpc) is 2.79. The number of hydrogen-bond acceptors (Lipinski definition) is 5. The second-order valence-electron chi connectivity index (χ2n) is 10.7. The molecule has 0 radical (unpaired) electrons. The lowest BCUT2D eigenvalue weighted by atomic mass is 10.1. The summed E-state index contributed by atoms with van der Waals surface area (Å²) in [6.45, 7) is 7.76. The van der Waals surface area contributed by atoms with Crippen molar-refractivity contribution >= 4 is 18.0 Å². The molecule has 0 aliphatic rings. The Morgan fingerprint density at radius 2 is 1.36 bits per heavy atom. The monoisotopic (exact) mass is 510 g/mol. The Kier molecular flexibility index (Phi) is 20.1. The smallest absolute Gasteiger partial charge is 0.417 e. The largest absolute Gasteiger partial charge is 0.480 e. The van der Waals surface area contributed by atoms with E-state index in [0.717, 1.165) is 37.0 Å². The van der Waals surface area contributed by atoms with Crippen LogP contribution in [0.5, 0.6) is 0 Å². The Labute approximate surface area is 220 Å². The summed E-state index contributed by atoms with van der Waals surface area (Å²) in [4.78, 5) is 38.3. The number of carboxylic acids is 1. The number of carbonyl (C=O) groups excluding carboxylic acids is 2. The van der Waals surface area contributed by atoms with Gasteiger partial charge in [-0.1, -0.05) is 70.4 Å². The van der Waals surface area contributed by atoms with E-state index in [2.05, 4.69) is 19.1 Å². The maximum absolute atomic E-state index is 12.9. The number of amides is 2. The molecule has 0 aliphatic heterocycles. The molecule has 0 unspecified atom stereocenters. The molecule has 0 spiro atoms. The van der Waals surface area contributed by atoms with E-state index in [0.29, 0.717) is 25.8 Å². The Morgan fingerprint density at radius 1 is 0.833 bits per heavy atom. The molecule has 0 fully saturated rings. The van der Waals surface area contributed by atoms with Crippen molar-refractivity contribution in [3.63, 3.8) is 0 Å². The van der Waals surface area contributed by atoms with Gasteiger partial charge in [-0.25, -0.2) is 14.5 Å². The summed E-state index contributed by atoms with van der Waals surface area (Å²) in [6, 6.07) is -1.23. The maximum Gasteiger partial charge on any atom is 0.417 e. The highest BCUT2D eigenvalue weighted by Gasteiger charge is 2.36. The van der Waals surface area contributed by atoms with Gasteiger partial charge in [0.1, 0.15) is 11.6 Å². The Hall–Kier alpha value is -1.89. The van der Waals surface area contributed by atoms with E-state index >= 15 is 0 Å². The summed E-state index contributed by atoms with van der Waals surface area (Å²) in [5.74, 6) is -1.68. The maximum atomic E-state index is 12.9. The summed E-state index contributed by atoms with van der Waals surface area (Å²) < 4.78 is 5.36. The normalized spacial score (nSPS) is 12.6. The van der Waals surface area contributed by atoms with Crippen LogP contribution in [0.15, 0.2) is 12.2 Å². The standard InChI is InChI=1S/C29H54N2O5/c1-5-6-7-8-9-10-11-12-13-14-15-16-17-18-19-23-26(32)31(28(35)36-29(2,3)4)25(27(33)34)22-20-21-24-30/h12-13,25H,5-11,14-24,30H2,1-4H3,(H,33,34)/t25-/m0/s1. The number of nitrogens with zero attached hydrogens (tertiary/aromatic N) is 1. The zero-order chi connectivity index (χ0) is 27.2. The number of ether oxygens (including phenoxy) is 1. The first-order valence-corrected chi connectivity index (χ1v) is 14.3. The second kappa shape index (κ2) is 21.2. The van der Waals surface area contributed by atoms with E-state index in [1.54, 1.807) is 20.8 Å². The molecule has 2 amide bonds. The van der Waals surface area contributed by atoms with Crippen LogP contribution in [-0.4, -0.2) is 46.2 Å². The first kappa shape index (κ1) is 34.1. The van der Waals surface area contributed by atoms with Gasteiger partial charge in [-0.2, -0.15) is 0 Å². The molecule has 7 nitrogen and oxygen atoms in total. The van der Waals surface area contributed by atoms with Gasteiger partial charge in [-0.05, 0) is 78.7 Å². The molecule has 0 rings (SSSR count). The van der Waals surface area contributed by atoms with Crippen molar-refractivity contribution in [2.24, 2.45) is 5.73 Å². The number of carboxylic acid groups (broad SMARTS) is 1. The van der Waals surface area contributed by atoms with Gasteiger partial charge < -0.3 is 15.6 Å². The first-order chi connectivity index (χ1) is 17.1. The molecule has 0 aromatic carbocycles.